The van der Waals surface area contributed by atoms with E-state index in [0.717, 1.165) is 0 Å². The minimum atomic E-state index is 0.670. The Kier molecular flexibility index (Phi) is 9.94. The molecule has 0 aliphatic rings. The second kappa shape index (κ2) is 10.0. The van der Waals surface area contributed by atoms with Crippen LogP contribution in [0.4, 0.5) is 0 Å². The van der Waals surface area contributed by atoms with Crippen molar-refractivity contribution in [2.75, 3.05) is 13.1 Å². The minimum Gasteiger partial charge on any atom is -0.350 e. The van der Waals surface area contributed by atoms with Crippen molar-refractivity contribution in [1.29, 1.82) is 0 Å². The van der Waals surface area contributed by atoms with Crippen LogP contribution in [-0.4, -0.2) is 19.1 Å². The molecule has 2 heteroatoms. The van der Waals surface area contributed by atoms with Crippen molar-refractivity contribution >= 4 is 0 Å². The van der Waals surface area contributed by atoms with Gasteiger partial charge in [-0.2, -0.15) is 0 Å². The summed E-state index contributed by atoms with van der Waals surface area (Å²) in [5.41, 5.74) is 4.18. The van der Waals surface area contributed by atoms with Crippen molar-refractivity contribution in [3.8, 4) is 0 Å². The highest BCUT2D eigenvalue weighted by Gasteiger charge is 2.06. The maximum atomic E-state index is 4.18. The Bertz CT molecular complexity index is 94.1. The lowest BCUT2D eigenvalue weighted by Gasteiger charge is -2.06. The molecule has 0 fully saturated rings. The first-order valence-electron chi connectivity index (χ1n) is 5.96. The van der Waals surface area contributed by atoms with E-state index in [1.165, 1.54) is 51.6 Å². The third-order valence-electron chi connectivity index (χ3n) is 2.46. The lowest BCUT2D eigenvalue weighted by atomic mass is 10.1. The summed E-state index contributed by atoms with van der Waals surface area (Å²) in [6.45, 7) is 6.98. The van der Waals surface area contributed by atoms with Gasteiger partial charge in [-0.15, -0.1) is 0 Å². The van der Waals surface area contributed by atoms with Crippen LogP contribution in [0, 0.1) is 0 Å². The van der Waals surface area contributed by atoms with Gasteiger partial charge in [-0.25, -0.2) is 0 Å². The maximum absolute atomic E-state index is 4.18. The third kappa shape index (κ3) is 9.84. The number of nitrogens with two attached hydrogens (primary N) is 1. The van der Waals surface area contributed by atoms with Gasteiger partial charge >= 0.3 is 0 Å². The average molecular weight is 188 g/mol. The van der Waals surface area contributed by atoms with Crippen LogP contribution in [-0.2, 0) is 0 Å². The fraction of sp³-hybridized carbons (Fsp3) is 1.00. The SMILES string of the molecule is CCCCCC[C@H]([NH3+])C[NH2+]CCC. The molecule has 0 bridgehead atoms. The molecule has 0 saturated heterocycles. The summed E-state index contributed by atoms with van der Waals surface area (Å²) in [6, 6.07) is 0.670. The number of unbranched alkanes of at least 4 members (excludes halogenated alkanes) is 3. The number of hydrogen-bond donors (Lipinski definition) is 2. The highest BCUT2D eigenvalue weighted by Crippen LogP contribution is 2.02. The molecule has 0 spiro atoms. The molecule has 2 nitrogen and oxygen atoms in total. The maximum Gasteiger partial charge on any atom is 0.134 e. The van der Waals surface area contributed by atoms with E-state index in [1.54, 1.807) is 0 Å². The van der Waals surface area contributed by atoms with Crippen LogP contribution in [0.5, 0.6) is 0 Å². The molecule has 80 valence electrons. The van der Waals surface area contributed by atoms with Crippen molar-refractivity contribution in [3.63, 3.8) is 0 Å². The molecule has 0 heterocycles. The fourth-order valence-electron chi connectivity index (χ4n) is 1.54. The van der Waals surface area contributed by atoms with Gasteiger partial charge in [-0.05, 0) is 12.8 Å². The molecule has 0 unspecified atom stereocenters. The quantitative estimate of drug-likeness (QED) is 0.496. The summed E-state index contributed by atoms with van der Waals surface area (Å²) in [5.74, 6) is 0. The molecule has 0 radical (unpaired) electrons. The normalized spacial score (nSPS) is 13.2. The Hall–Kier alpha value is -0.0800. The highest BCUT2D eigenvalue weighted by atomic mass is 14.9. The smallest absolute Gasteiger partial charge is 0.134 e. The average Bonchev–Trinajstić information content (AvgIpc) is 2.13. The van der Waals surface area contributed by atoms with E-state index in [1.807, 2.05) is 0 Å². The molecular weight excluding hydrogens is 160 g/mol. The molecule has 1 atom stereocenters. The Morgan fingerprint density at radius 2 is 1.85 bits per heavy atom. The Morgan fingerprint density at radius 3 is 2.46 bits per heavy atom. The molecule has 0 saturated carbocycles. The van der Waals surface area contributed by atoms with Gasteiger partial charge in [-0.3, -0.25) is 0 Å². The monoisotopic (exact) mass is 188 g/mol. The first-order valence-corrected chi connectivity index (χ1v) is 5.96. The molecule has 0 rings (SSSR count). The number of rotatable bonds is 9. The molecule has 0 aliphatic carbocycles. The van der Waals surface area contributed by atoms with Crippen LogP contribution >= 0.6 is 0 Å². The lowest BCUT2D eigenvalue weighted by Crippen LogP contribution is -2.90. The van der Waals surface area contributed by atoms with Gasteiger partial charge in [0.2, 0.25) is 0 Å². The van der Waals surface area contributed by atoms with Crippen LogP contribution in [0.2, 0.25) is 0 Å². The molecule has 0 aliphatic heterocycles. The van der Waals surface area contributed by atoms with Crippen LogP contribution < -0.4 is 11.1 Å². The zero-order chi connectivity index (χ0) is 9.94. The summed E-state index contributed by atoms with van der Waals surface area (Å²) in [5, 5.41) is 2.40. The topological polar surface area (TPSA) is 44.2 Å². The fourth-order valence-corrected chi connectivity index (χ4v) is 1.54. The molecule has 0 aromatic rings. The van der Waals surface area contributed by atoms with E-state index < -0.39 is 0 Å². The summed E-state index contributed by atoms with van der Waals surface area (Å²) >= 11 is 0. The van der Waals surface area contributed by atoms with Gasteiger partial charge in [0.15, 0.2) is 0 Å². The molecule has 0 aromatic carbocycles. The van der Waals surface area contributed by atoms with E-state index in [4.69, 9.17) is 0 Å². The van der Waals surface area contributed by atoms with E-state index >= 15 is 0 Å². The van der Waals surface area contributed by atoms with Crippen molar-refractivity contribution in [3.05, 3.63) is 0 Å². The number of hydrogen-bond acceptors (Lipinski definition) is 0. The largest absolute Gasteiger partial charge is 0.350 e. The van der Waals surface area contributed by atoms with Gasteiger partial charge in [0.25, 0.3) is 0 Å². The first kappa shape index (κ1) is 12.9. The summed E-state index contributed by atoms with van der Waals surface area (Å²) in [6.07, 6.45) is 8.11. The van der Waals surface area contributed by atoms with Gasteiger partial charge in [0.05, 0.1) is 6.54 Å². The van der Waals surface area contributed by atoms with Crippen molar-refractivity contribution < 1.29 is 11.1 Å². The van der Waals surface area contributed by atoms with Crippen molar-refractivity contribution in [1.82, 2.24) is 0 Å². The van der Waals surface area contributed by atoms with Gasteiger partial charge < -0.3 is 11.1 Å². The van der Waals surface area contributed by atoms with E-state index in [0.29, 0.717) is 6.04 Å². The first-order chi connectivity index (χ1) is 6.31. The predicted octanol–water partition coefficient (Wildman–Crippen LogP) is 0.541. The van der Waals surface area contributed by atoms with Gasteiger partial charge in [0, 0.05) is 6.42 Å². The van der Waals surface area contributed by atoms with E-state index in [-0.39, 0.29) is 0 Å². The highest BCUT2D eigenvalue weighted by molar-refractivity contribution is 4.51. The van der Waals surface area contributed by atoms with Crippen LogP contribution in [0.15, 0.2) is 0 Å². The van der Waals surface area contributed by atoms with Crippen LogP contribution in [0.3, 0.4) is 0 Å². The molecular formula is C11H28N2+2. The van der Waals surface area contributed by atoms with Crippen LogP contribution in [0.25, 0.3) is 0 Å². The van der Waals surface area contributed by atoms with E-state index in [2.05, 4.69) is 24.9 Å². The lowest BCUT2D eigenvalue weighted by molar-refractivity contribution is -0.680. The zero-order valence-electron chi connectivity index (χ0n) is 9.52. The summed E-state index contributed by atoms with van der Waals surface area (Å²) in [4.78, 5) is 0. The molecule has 13 heavy (non-hydrogen) atoms. The Balaban J connectivity index is 3.05. The Morgan fingerprint density at radius 1 is 1.08 bits per heavy atom. The second-order valence-corrected chi connectivity index (χ2v) is 4.03. The zero-order valence-corrected chi connectivity index (χ0v) is 9.52. The van der Waals surface area contributed by atoms with Gasteiger partial charge in [-0.1, -0.05) is 33.1 Å². The molecule has 5 N–H and O–H groups in total. The van der Waals surface area contributed by atoms with Crippen molar-refractivity contribution in [2.45, 2.75) is 58.4 Å². The number of quaternary nitrogens is 2. The van der Waals surface area contributed by atoms with Crippen molar-refractivity contribution in [2.24, 2.45) is 0 Å². The minimum absolute atomic E-state index is 0.670. The third-order valence-corrected chi connectivity index (χ3v) is 2.46. The van der Waals surface area contributed by atoms with E-state index in [9.17, 15) is 0 Å². The predicted molar refractivity (Wildman–Crippen MR) is 57.4 cm³/mol. The molecule has 0 aromatic heterocycles. The summed E-state index contributed by atoms with van der Waals surface area (Å²) in [7, 11) is 0. The summed E-state index contributed by atoms with van der Waals surface area (Å²) < 4.78 is 0. The molecule has 0 amide bonds. The van der Waals surface area contributed by atoms with Crippen LogP contribution in [0.1, 0.15) is 52.4 Å². The van der Waals surface area contributed by atoms with Gasteiger partial charge in [0.1, 0.15) is 12.6 Å². The standard InChI is InChI=1S/C11H26N2/c1-3-5-6-7-8-11(12)10-13-9-4-2/h11,13H,3-10,12H2,1-2H3/p+2/t11-/m0/s1. The Labute approximate surface area is 83.3 Å². The second-order valence-electron chi connectivity index (χ2n) is 4.03.